The van der Waals surface area contributed by atoms with Crippen molar-refractivity contribution in [3.05, 3.63) is 83.4 Å². The second kappa shape index (κ2) is 9.11. The molecule has 1 N–H and O–H groups in total. The molecule has 0 atom stereocenters. The van der Waals surface area contributed by atoms with Gasteiger partial charge < -0.3 is 10.1 Å². The molecular formula is C23H17F3N4O3. The second-order valence-corrected chi connectivity index (χ2v) is 6.97. The highest BCUT2D eigenvalue weighted by Crippen LogP contribution is 2.24. The van der Waals surface area contributed by atoms with Gasteiger partial charge in [0.2, 0.25) is 5.91 Å². The van der Waals surface area contributed by atoms with Gasteiger partial charge in [-0.15, -0.1) is 0 Å². The molecule has 0 saturated heterocycles. The van der Waals surface area contributed by atoms with Gasteiger partial charge in [-0.25, -0.2) is 27.5 Å². The summed E-state index contributed by atoms with van der Waals surface area (Å²) in [6.07, 6.45) is 2.19. The number of esters is 1. The Morgan fingerprint density at radius 2 is 1.88 bits per heavy atom. The average Bonchev–Trinajstić information content (AvgIpc) is 3.24. The molecule has 0 spiro atoms. The molecule has 10 heteroatoms. The summed E-state index contributed by atoms with van der Waals surface area (Å²) >= 11 is 0. The molecule has 0 aliphatic heterocycles. The van der Waals surface area contributed by atoms with Crippen LogP contribution in [0.4, 0.5) is 18.9 Å². The molecule has 7 nitrogen and oxygen atoms in total. The van der Waals surface area contributed by atoms with E-state index in [1.54, 1.807) is 37.3 Å². The van der Waals surface area contributed by atoms with Crippen LogP contribution < -0.4 is 5.32 Å². The second-order valence-electron chi connectivity index (χ2n) is 6.97. The minimum atomic E-state index is -1.39. The fraction of sp³-hybridized carbons (Fsp3) is 0.130. The van der Waals surface area contributed by atoms with Gasteiger partial charge in [0.05, 0.1) is 24.9 Å². The predicted molar refractivity (Wildman–Crippen MR) is 113 cm³/mol. The first-order chi connectivity index (χ1) is 15.9. The molecule has 0 fully saturated rings. The molecule has 0 aliphatic rings. The molecule has 4 aromatic rings. The molecule has 0 radical (unpaired) electrons. The number of carbonyl (C=O) groups is 2. The van der Waals surface area contributed by atoms with Crippen LogP contribution in [0.15, 0.2) is 54.9 Å². The van der Waals surface area contributed by atoms with Crippen LogP contribution in [-0.4, -0.2) is 33.1 Å². The van der Waals surface area contributed by atoms with E-state index in [-0.39, 0.29) is 12.2 Å². The fourth-order valence-electron chi connectivity index (χ4n) is 3.32. The van der Waals surface area contributed by atoms with E-state index in [9.17, 15) is 22.8 Å². The molecule has 0 aliphatic carbocycles. The van der Waals surface area contributed by atoms with Gasteiger partial charge in [-0.3, -0.25) is 4.79 Å². The standard InChI is InChI=1S/C23H17F3N4O3/c1-2-33-23(32)16-12-28-30-19(8-9-27-22(16)30)13-4-3-5-14(10-13)29-20(31)11-15-17(24)6-7-18(25)21(15)26/h3-10,12H,2,11H2,1H3,(H,29,31). The third-order valence-corrected chi connectivity index (χ3v) is 4.81. The van der Waals surface area contributed by atoms with Gasteiger partial charge in [0.25, 0.3) is 0 Å². The number of amides is 1. The number of fused-ring (bicyclic) bond motifs is 1. The number of hydrogen-bond donors (Lipinski definition) is 1. The van der Waals surface area contributed by atoms with Gasteiger partial charge in [-0.2, -0.15) is 5.10 Å². The van der Waals surface area contributed by atoms with Crippen LogP contribution in [-0.2, 0) is 16.0 Å². The number of nitrogens with zero attached hydrogens (tertiary/aromatic N) is 3. The highest BCUT2D eigenvalue weighted by atomic mass is 19.2. The van der Waals surface area contributed by atoms with Crippen molar-refractivity contribution in [2.75, 3.05) is 11.9 Å². The lowest BCUT2D eigenvalue weighted by atomic mass is 10.1. The van der Waals surface area contributed by atoms with E-state index in [1.807, 2.05) is 0 Å². The van der Waals surface area contributed by atoms with Gasteiger partial charge in [-0.1, -0.05) is 12.1 Å². The van der Waals surface area contributed by atoms with Crippen molar-refractivity contribution in [3.63, 3.8) is 0 Å². The molecule has 168 valence electrons. The monoisotopic (exact) mass is 454 g/mol. The summed E-state index contributed by atoms with van der Waals surface area (Å²) in [6.45, 7) is 1.90. The Hall–Kier alpha value is -4.21. The van der Waals surface area contributed by atoms with Gasteiger partial charge in [-0.05, 0) is 37.3 Å². The Morgan fingerprint density at radius 1 is 1.09 bits per heavy atom. The zero-order valence-corrected chi connectivity index (χ0v) is 17.3. The van der Waals surface area contributed by atoms with E-state index in [4.69, 9.17) is 4.74 Å². The highest BCUT2D eigenvalue weighted by molar-refractivity contribution is 5.96. The predicted octanol–water partition coefficient (Wildman–Crippen LogP) is 4.17. The quantitative estimate of drug-likeness (QED) is 0.349. The number of halogens is 3. The third kappa shape index (κ3) is 4.40. The molecule has 33 heavy (non-hydrogen) atoms. The van der Waals surface area contributed by atoms with Crippen molar-refractivity contribution in [2.24, 2.45) is 0 Å². The summed E-state index contributed by atoms with van der Waals surface area (Å²) in [5, 5.41) is 6.77. The number of rotatable bonds is 6. The van der Waals surface area contributed by atoms with Gasteiger partial charge in [0.15, 0.2) is 17.3 Å². The van der Waals surface area contributed by atoms with Crippen LogP contribution in [0.3, 0.4) is 0 Å². The first-order valence-electron chi connectivity index (χ1n) is 9.91. The highest BCUT2D eigenvalue weighted by Gasteiger charge is 2.19. The van der Waals surface area contributed by atoms with Crippen LogP contribution in [0.1, 0.15) is 22.8 Å². The lowest BCUT2D eigenvalue weighted by molar-refractivity contribution is -0.115. The number of aromatic nitrogens is 3. The molecule has 2 aromatic heterocycles. The van der Waals surface area contributed by atoms with Crippen molar-refractivity contribution in [2.45, 2.75) is 13.3 Å². The van der Waals surface area contributed by atoms with Crippen LogP contribution in [0.25, 0.3) is 16.9 Å². The molecule has 2 heterocycles. The molecule has 4 rings (SSSR count). The van der Waals surface area contributed by atoms with Gasteiger partial charge >= 0.3 is 5.97 Å². The Morgan fingerprint density at radius 3 is 2.67 bits per heavy atom. The van der Waals surface area contributed by atoms with Crippen LogP contribution in [0.2, 0.25) is 0 Å². The fourth-order valence-corrected chi connectivity index (χ4v) is 3.32. The number of nitrogens with one attached hydrogen (secondary N) is 1. The number of carbonyl (C=O) groups excluding carboxylic acids is 2. The topological polar surface area (TPSA) is 85.6 Å². The Labute approximate surface area is 185 Å². The SMILES string of the molecule is CCOC(=O)c1cnn2c(-c3cccc(NC(=O)Cc4c(F)ccc(F)c4F)c3)ccnc12. The minimum absolute atomic E-state index is 0.209. The first-order valence-corrected chi connectivity index (χ1v) is 9.91. The number of anilines is 1. The lowest BCUT2D eigenvalue weighted by Crippen LogP contribution is -2.16. The zero-order chi connectivity index (χ0) is 23.5. The number of ether oxygens (including phenoxy) is 1. The minimum Gasteiger partial charge on any atom is -0.462 e. The van der Waals surface area contributed by atoms with Crippen molar-refractivity contribution in [3.8, 4) is 11.3 Å². The summed E-state index contributed by atoms with van der Waals surface area (Å²) in [5.41, 5.74) is 1.41. The zero-order valence-electron chi connectivity index (χ0n) is 17.3. The molecule has 0 saturated carbocycles. The molecule has 0 unspecified atom stereocenters. The number of benzene rings is 2. The Kier molecular flexibility index (Phi) is 6.07. The Bertz CT molecular complexity index is 1370. The molecule has 1 amide bonds. The normalized spacial score (nSPS) is 10.9. The van der Waals surface area contributed by atoms with Crippen molar-refractivity contribution < 1.29 is 27.5 Å². The van der Waals surface area contributed by atoms with Crippen molar-refractivity contribution in [1.82, 2.24) is 14.6 Å². The van der Waals surface area contributed by atoms with Gasteiger partial charge in [0, 0.05) is 23.0 Å². The first kappa shape index (κ1) is 22.0. The third-order valence-electron chi connectivity index (χ3n) is 4.81. The summed E-state index contributed by atoms with van der Waals surface area (Å²) in [6, 6.07) is 9.73. The lowest BCUT2D eigenvalue weighted by Gasteiger charge is -2.10. The average molecular weight is 454 g/mol. The van der Waals surface area contributed by atoms with Crippen LogP contribution in [0.5, 0.6) is 0 Å². The molecular weight excluding hydrogens is 437 g/mol. The van der Waals surface area contributed by atoms with E-state index in [2.05, 4.69) is 15.4 Å². The van der Waals surface area contributed by atoms with Crippen molar-refractivity contribution in [1.29, 1.82) is 0 Å². The van der Waals surface area contributed by atoms with E-state index in [1.165, 1.54) is 16.9 Å². The maximum absolute atomic E-state index is 13.9. The van der Waals surface area contributed by atoms with E-state index in [0.29, 0.717) is 28.7 Å². The van der Waals surface area contributed by atoms with Crippen molar-refractivity contribution >= 4 is 23.2 Å². The van der Waals surface area contributed by atoms with E-state index >= 15 is 0 Å². The largest absolute Gasteiger partial charge is 0.462 e. The molecule has 0 bridgehead atoms. The van der Waals surface area contributed by atoms with E-state index < -0.39 is 41.3 Å². The molecule has 2 aromatic carbocycles. The summed E-state index contributed by atoms with van der Waals surface area (Å²) < 4.78 is 47.6. The van der Waals surface area contributed by atoms with Crippen LogP contribution >= 0.6 is 0 Å². The van der Waals surface area contributed by atoms with Gasteiger partial charge in [0.1, 0.15) is 11.4 Å². The Balaban J connectivity index is 1.60. The smallest absolute Gasteiger partial charge is 0.343 e. The summed E-state index contributed by atoms with van der Waals surface area (Å²) in [4.78, 5) is 28.7. The maximum Gasteiger partial charge on any atom is 0.343 e. The van der Waals surface area contributed by atoms with Crippen LogP contribution in [0, 0.1) is 17.5 Å². The summed E-state index contributed by atoms with van der Waals surface area (Å²) in [7, 11) is 0. The van der Waals surface area contributed by atoms with E-state index in [0.717, 1.165) is 6.07 Å². The maximum atomic E-state index is 13.9. The summed E-state index contributed by atoms with van der Waals surface area (Å²) in [5.74, 6) is -4.90. The number of hydrogen-bond acceptors (Lipinski definition) is 5.